The normalized spacial score (nSPS) is 19.4. The van der Waals surface area contributed by atoms with Crippen LogP contribution in [0.15, 0.2) is 28.7 Å². The van der Waals surface area contributed by atoms with Gasteiger partial charge >= 0.3 is 0 Å². The molecule has 0 aliphatic heterocycles. The van der Waals surface area contributed by atoms with Crippen molar-refractivity contribution in [2.24, 2.45) is 0 Å². The van der Waals surface area contributed by atoms with Gasteiger partial charge in [0.2, 0.25) is 0 Å². The van der Waals surface area contributed by atoms with Crippen molar-refractivity contribution in [3.63, 3.8) is 0 Å². The molecule has 4 heteroatoms. The Balaban J connectivity index is 1.79. The SMILES string of the molecule is CN(CCC(O)c1cccc(Br)c1)CC1(O)CCCC1. The zero-order valence-electron chi connectivity index (χ0n) is 12.1. The lowest BCUT2D eigenvalue weighted by atomic mass is 10.0. The highest BCUT2D eigenvalue weighted by molar-refractivity contribution is 9.10. The summed E-state index contributed by atoms with van der Waals surface area (Å²) in [5.74, 6) is 0. The van der Waals surface area contributed by atoms with Crippen molar-refractivity contribution in [2.45, 2.75) is 43.8 Å². The van der Waals surface area contributed by atoms with E-state index in [-0.39, 0.29) is 0 Å². The summed E-state index contributed by atoms with van der Waals surface area (Å²) in [6.45, 7) is 1.49. The Hall–Kier alpha value is -0.420. The van der Waals surface area contributed by atoms with Crippen LogP contribution in [0.5, 0.6) is 0 Å². The van der Waals surface area contributed by atoms with Gasteiger partial charge in [-0.05, 0) is 44.0 Å². The third kappa shape index (κ3) is 4.55. The van der Waals surface area contributed by atoms with Crippen LogP contribution in [0, 0.1) is 0 Å². The average Bonchev–Trinajstić information content (AvgIpc) is 2.82. The topological polar surface area (TPSA) is 43.7 Å². The summed E-state index contributed by atoms with van der Waals surface area (Å²) >= 11 is 3.42. The quantitative estimate of drug-likeness (QED) is 0.835. The molecule has 0 amide bonds. The lowest BCUT2D eigenvalue weighted by Crippen LogP contribution is -2.39. The first-order chi connectivity index (χ1) is 9.48. The van der Waals surface area contributed by atoms with Gasteiger partial charge in [-0.15, -0.1) is 0 Å². The first kappa shape index (κ1) is 16.0. The summed E-state index contributed by atoms with van der Waals surface area (Å²) in [4.78, 5) is 2.13. The van der Waals surface area contributed by atoms with Crippen molar-refractivity contribution in [1.29, 1.82) is 0 Å². The zero-order valence-corrected chi connectivity index (χ0v) is 13.6. The van der Waals surface area contributed by atoms with E-state index in [0.717, 1.165) is 42.3 Å². The van der Waals surface area contributed by atoms with Crippen molar-refractivity contribution in [3.05, 3.63) is 34.3 Å². The second-order valence-electron chi connectivity index (χ2n) is 6.03. The van der Waals surface area contributed by atoms with Gasteiger partial charge in [-0.2, -0.15) is 0 Å². The van der Waals surface area contributed by atoms with Gasteiger partial charge in [0.05, 0.1) is 11.7 Å². The van der Waals surface area contributed by atoms with Crippen LogP contribution in [0.3, 0.4) is 0 Å². The molecular weight excluding hydrogens is 318 g/mol. The van der Waals surface area contributed by atoms with Crippen molar-refractivity contribution in [3.8, 4) is 0 Å². The number of hydrogen-bond donors (Lipinski definition) is 2. The van der Waals surface area contributed by atoms with E-state index >= 15 is 0 Å². The highest BCUT2D eigenvalue weighted by Gasteiger charge is 2.32. The number of hydrogen-bond acceptors (Lipinski definition) is 3. The minimum absolute atomic E-state index is 0.451. The van der Waals surface area contributed by atoms with Gasteiger partial charge in [0.15, 0.2) is 0 Å². The predicted molar refractivity (Wildman–Crippen MR) is 84.6 cm³/mol. The maximum absolute atomic E-state index is 10.4. The smallest absolute Gasteiger partial charge is 0.0802 e. The number of aliphatic hydroxyl groups excluding tert-OH is 1. The third-order valence-electron chi connectivity index (χ3n) is 4.12. The van der Waals surface area contributed by atoms with Crippen molar-refractivity contribution in [2.75, 3.05) is 20.1 Å². The fourth-order valence-electron chi connectivity index (χ4n) is 3.00. The zero-order chi connectivity index (χ0) is 14.6. The van der Waals surface area contributed by atoms with Crippen molar-refractivity contribution in [1.82, 2.24) is 4.90 Å². The van der Waals surface area contributed by atoms with Crippen LogP contribution in [0.2, 0.25) is 0 Å². The summed E-state index contributed by atoms with van der Waals surface area (Å²) < 4.78 is 0.989. The van der Waals surface area contributed by atoms with Gasteiger partial charge in [-0.3, -0.25) is 0 Å². The summed E-state index contributed by atoms with van der Waals surface area (Å²) in [5, 5.41) is 20.6. The third-order valence-corrected chi connectivity index (χ3v) is 4.61. The Bertz CT molecular complexity index is 432. The molecule has 2 N–H and O–H groups in total. The Kier molecular flexibility index (Phi) is 5.61. The molecule has 0 spiro atoms. The van der Waals surface area contributed by atoms with Gasteiger partial charge in [0.1, 0.15) is 0 Å². The molecule has 0 bridgehead atoms. The van der Waals surface area contributed by atoms with Crippen LogP contribution in [0.4, 0.5) is 0 Å². The van der Waals surface area contributed by atoms with Crippen LogP contribution in [-0.4, -0.2) is 40.9 Å². The Morgan fingerprint density at radius 1 is 1.35 bits per heavy atom. The van der Waals surface area contributed by atoms with E-state index in [1.807, 2.05) is 31.3 Å². The molecule has 1 fully saturated rings. The van der Waals surface area contributed by atoms with Crippen LogP contribution >= 0.6 is 15.9 Å². The number of aliphatic hydroxyl groups is 2. The summed E-state index contributed by atoms with van der Waals surface area (Å²) in [5.41, 5.74) is 0.433. The number of likely N-dealkylation sites (N-methyl/N-ethyl adjacent to an activating group) is 1. The van der Waals surface area contributed by atoms with Gasteiger partial charge in [0, 0.05) is 17.6 Å². The van der Waals surface area contributed by atoms with Gasteiger partial charge in [-0.25, -0.2) is 0 Å². The minimum atomic E-state index is -0.504. The van der Waals surface area contributed by atoms with E-state index in [2.05, 4.69) is 20.8 Å². The minimum Gasteiger partial charge on any atom is -0.389 e. The summed E-state index contributed by atoms with van der Waals surface area (Å²) in [6, 6.07) is 7.79. The molecule has 1 aromatic carbocycles. The first-order valence-electron chi connectivity index (χ1n) is 7.33. The molecule has 1 aromatic rings. The van der Waals surface area contributed by atoms with Crippen molar-refractivity contribution >= 4 is 15.9 Å². The van der Waals surface area contributed by atoms with E-state index in [9.17, 15) is 10.2 Å². The first-order valence-corrected chi connectivity index (χ1v) is 8.12. The van der Waals surface area contributed by atoms with Crippen molar-refractivity contribution < 1.29 is 10.2 Å². The number of halogens is 1. The van der Waals surface area contributed by atoms with E-state index in [0.29, 0.717) is 13.0 Å². The van der Waals surface area contributed by atoms with E-state index in [4.69, 9.17) is 0 Å². The van der Waals surface area contributed by atoms with Crippen LogP contribution in [0.1, 0.15) is 43.8 Å². The predicted octanol–water partition coefficient (Wildman–Crippen LogP) is 3.11. The Morgan fingerprint density at radius 3 is 2.70 bits per heavy atom. The fraction of sp³-hybridized carbons (Fsp3) is 0.625. The molecule has 0 heterocycles. The largest absolute Gasteiger partial charge is 0.389 e. The molecule has 112 valence electrons. The molecule has 0 aromatic heterocycles. The summed E-state index contributed by atoms with van der Waals surface area (Å²) in [6.07, 6.45) is 4.31. The standard InChI is InChI=1S/C16H24BrNO2/c1-18(12-16(20)8-2-3-9-16)10-7-15(19)13-5-4-6-14(17)11-13/h4-6,11,15,19-20H,2-3,7-10,12H2,1H3. The molecule has 0 saturated heterocycles. The molecule has 1 unspecified atom stereocenters. The Labute approximate surface area is 129 Å². The molecule has 2 rings (SSSR count). The highest BCUT2D eigenvalue weighted by atomic mass is 79.9. The second-order valence-corrected chi connectivity index (χ2v) is 6.94. The van der Waals surface area contributed by atoms with E-state index < -0.39 is 11.7 Å². The van der Waals surface area contributed by atoms with Gasteiger partial charge in [-0.1, -0.05) is 40.9 Å². The van der Waals surface area contributed by atoms with Gasteiger partial charge in [0.25, 0.3) is 0 Å². The molecule has 1 saturated carbocycles. The molecule has 1 atom stereocenters. The lowest BCUT2D eigenvalue weighted by Gasteiger charge is -2.29. The Morgan fingerprint density at radius 2 is 2.05 bits per heavy atom. The van der Waals surface area contributed by atoms with Crippen LogP contribution in [-0.2, 0) is 0 Å². The van der Waals surface area contributed by atoms with Gasteiger partial charge < -0.3 is 15.1 Å². The average molecular weight is 342 g/mol. The number of rotatable bonds is 6. The molecule has 20 heavy (non-hydrogen) atoms. The number of benzene rings is 1. The van der Waals surface area contributed by atoms with E-state index in [1.165, 1.54) is 0 Å². The lowest BCUT2D eigenvalue weighted by molar-refractivity contribution is 0.0129. The monoisotopic (exact) mass is 341 g/mol. The second kappa shape index (κ2) is 7.03. The molecule has 1 aliphatic rings. The molecule has 1 aliphatic carbocycles. The van der Waals surface area contributed by atoms with Crippen LogP contribution in [0.25, 0.3) is 0 Å². The summed E-state index contributed by atoms with van der Waals surface area (Å²) in [7, 11) is 2.02. The fourth-order valence-corrected chi connectivity index (χ4v) is 3.41. The van der Waals surface area contributed by atoms with E-state index in [1.54, 1.807) is 0 Å². The maximum Gasteiger partial charge on any atom is 0.0802 e. The molecule has 0 radical (unpaired) electrons. The number of nitrogens with zero attached hydrogens (tertiary/aromatic N) is 1. The molecule has 3 nitrogen and oxygen atoms in total. The van der Waals surface area contributed by atoms with Crippen LogP contribution < -0.4 is 0 Å². The highest BCUT2D eigenvalue weighted by Crippen LogP contribution is 2.30. The maximum atomic E-state index is 10.4. The molecular formula is C16H24BrNO2.